The number of rotatable bonds is 7. The van der Waals surface area contributed by atoms with Crippen LogP contribution in [-0.2, 0) is 16.1 Å². The Morgan fingerprint density at radius 2 is 1.76 bits per heavy atom. The van der Waals surface area contributed by atoms with Crippen molar-refractivity contribution in [1.29, 1.82) is 0 Å². The second-order valence-corrected chi connectivity index (χ2v) is 8.15. The molecular weight excluding hydrogens is 420 g/mol. The van der Waals surface area contributed by atoms with E-state index < -0.39 is 5.97 Å². The number of ether oxygens (including phenoxy) is 2. The molecule has 1 fully saturated rings. The SMILES string of the molecule is O=C(O)c1ccc(NC(=O)N2CCC(OC3C=CC(OCc4ccccc4)=CC3)CC2)cc1. The highest BCUT2D eigenvalue weighted by Crippen LogP contribution is 2.22. The van der Waals surface area contributed by atoms with E-state index in [4.69, 9.17) is 14.6 Å². The van der Waals surface area contributed by atoms with Gasteiger partial charge in [-0.3, -0.25) is 0 Å². The van der Waals surface area contributed by atoms with Gasteiger partial charge in [-0.25, -0.2) is 9.59 Å². The Labute approximate surface area is 193 Å². The number of piperidine rings is 1. The standard InChI is InChI=1S/C26H28N2O5/c29-25(30)20-6-8-21(9-7-20)27-26(31)28-16-14-24(15-17-28)33-23-12-10-22(11-13-23)32-18-19-4-2-1-3-5-19/h1-12,23-24H,13-18H2,(H,27,31)(H,29,30). The topological polar surface area (TPSA) is 88.1 Å². The minimum absolute atomic E-state index is 0.0206. The molecule has 4 rings (SSSR count). The van der Waals surface area contributed by atoms with Crippen LogP contribution in [0.4, 0.5) is 10.5 Å². The van der Waals surface area contributed by atoms with Crippen LogP contribution in [0.5, 0.6) is 0 Å². The van der Waals surface area contributed by atoms with E-state index in [1.165, 1.54) is 12.1 Å². The van der Waals surface area contributed by atoms with Gasteiger partial charge in [0, 0.05) is 18.8 Å². The molecule has 0 bridgehead atoms. The van der Waals surface area contributed by atoms with Crippen molar-refractivity contribution in [2.24, 2.45) is 0 Å². The zero-order valence-corrected chi connectivity index (χ0v) is 18.4. The summed E-state index contributed by atoms with van der Waals surface area (Å²) < 4.78 is 12.1. The molecule has 1 heterocycles. The second kappa shape index (κ2) is 10.8. The normalized spacial score (nSPS) is 18.5. The molecule has 0 spiro atoms. The van der Waals surface area contributed by atoms with Crippen molar-refractivity contribution in [1.82, 2.24) is 4.90 Å². The number of aromatic carboxylic acids is 1. The van der Waals surface area contributed by atoms with Gasteiger partial charge in [-0.15, -0.1) is 0 Å². The van der Waals surface area contributed by atoms with Crippen LogP contribution in [-0.4, -0.2) is 47.3 Å². The van der Waals surface area contributed by atoms with Crippen LogP contribution in [0.25, 0.3) is 0 Å². The molecule has 2 aromatic rings. The number of urea groups is 1. The maximum absolute atomic E-state index is 12.5. The first kappa shape index (κ1) is 22.6. The molecule has 2 N–H and O–H groups in total. The third kappa shape index (κ3) is 6.46. The fourth-order valence-corrected chi connectivity index (χ4v) is 3.87. The average Bonchev–Trinajstić information content (AvgIpc) is 2.85. The van der Waals surface area contributed by atoms with E-state index in [0.717, 1.165) is 30.6 Å². The fourth-order valence-electron chi connectivity index (χ4n) is 3.87. The number of nitrogens with zero attached hydrogens (tertiary/aromatic N) is 1. The third-order valence-electron chi connectivity index (χ3n) is 5.75. The zero-order chi connectivity index (χ0) is 23.0. The molecule has 2 aliphatic rings. The highest BCUT2D eigenvalue weighted by molar-refractivity contribution is 5.91. The van der Waals surface area contributed by atoms with Crippen molar-refractivity contribution in [2.45, 2.75) is 38.1 Å². The number of nitrogens with one attached hydrogen (secondary N) is 1. The van der Waals surface area contributed by atoms with Gasteiger partial charge >= 0.3 is 12.0 Å². The molecule has 1 saturated heterocycles. The van der Waals surface area contributed by atoms with Gasteiger partial charge < -0.3 is 24.8 Å². The lowest BCUT2D eigenvalue weighted by molar-refractivity contribution is -0.0159. The van der Waals surface area contributed by atoms with Crippen LogP contribution in [0.1, 0.15) is 35.2 Å². The Morgan fingerprint density at radius 3 is 2.39 bits per heavy atom. The highest BCUT2D eigenvalue weighted by atomic mass is 16.5. The Kier molecular flexibility index (Phi) is 7.42. The molecule has 7 heteroatoms. The van der Waals surface area contributed by atoms with Crippen molar-refractivity contribution in [3.05, 3.63) is 89.7 Å². The summed E-state index contributed by atoms with van der Waals surface area (Å²) >= 11 is 0. The number of benzene rings is 2. The number of carboxylic acid groups (broad SMARTS) is 1. The summed E-state index contributed by atoms with van der Waals surface area (Å²) in [5.74, 6) is -0.129. The molecule has 1 aliphatic heterocycles. The van der Waals surface area contributed by atoms with E-state index in [1.54, 1.807) is 17.0 Å². The van der Waals surface area contributed by atoms with Crippen molar-refractivity contribution >= 4 is 17.7 Å². The molecular formula is C26H28N2O5. The molecule has 33 heavy (non-hydrogen) atoms. The lowest BCUT2D eigenvalue weighted by atomic mass is 10.1. The number of allylic oxidation sites excluding steroid dienone is 1. The van der Waals surface area contributed by atoms with Gasteiger partial charge in [-0.2, -0.15) is 0 Å². The lowest BCUT2D eigenvalue weighted by Crippen LogP contribution is -2.43. The van der Waals surface area contributed by atoms with Crippen molar-refractivity contribution in [3.8, 4) is 0 Å². The summed E-state index contributed by atoms with van der Waals surface area (Å²) in [6.07, 6.45) is 8.52. The van der Waals surface area contributed by atoms with Gasteiger partial charge in [0.05, 0.1) is 17.8 Å². The van der Waals surface area contributed by atoms with E-state index in [0.29, 0.717) is 25.4 Å². The molecule has 2 aromatic carbocycles. The molecule has 1 atom stereocenters. The largest absolute Gasteiger partial charge is 0.489 e. The summed E-state index contributed by atoms with van der Waals surface area (Å²) in [6, 6.07) is 16.0. The minimum atomic E-state index is -0.991. The van der Waals surface area contributed by atoms with Crippen molar-refractivity contribution in [3.63, 3.8) is 0 Å². The minimum Gasteiger partial charge on any atom is -0.489 e. The molecule has 0 saturated carbocycles. The molecule has 7 nitrogen and oxygen atoms in total. The number of hydrogen-bond donors (Lipinski definition) is 2. The van der Waals surface area contributed by atoms with Crippen LogP contribution in [0, 0.1) is 0 Å². The number of amides is 2. The van der Waals surface area contributed by atoms with E-state index in [2.05, 4.69) is 11.4 Å². The number of carbonyl (C=O) groups is 2. The van der Waals surface area contributed by atoms with Gasteiger partial charge in [0.2, 0.25) is 0 Å². The number of carboxylic acids is 1. The summed E-state index contributed by atoms with van der Waals surface area (Å²) in [7, 11) is 0. The molecule has 1 aliphatic carbocycles. The number of likely N-dealkylation sites (tertiary alicyclic amines) is 1. The van der Waals surface area contributed by atoms with Gasteiger partial charge in [0.25, 0.3) is 0 Å². The summed E-state index contributed by atoms with van der Waals surface area (Å²) in [5.41, 5.74) is 1.90. The number of anilines is 1. The first-order chi connectivity index (χ1) is 16.1. The van der Waals surface area contributed by atoms with Crippen LogP contribution < -0.4 is 5.32 Å². The molecule has 172 valence electrons. The van der Waals surface area contributed by atoms with Crippen LogP contribution in [0.2, 0.25) is 0 Å². The molecule has 0 radical (unpaired) electrons. The Morgan fingerprint density at radius 1 is 1.03 bits per heavy atom. The molecule has 1 unspecified atom stereocenters. The lowest BCUT2D eigenvalue weighted by Gasteiger charge is -2.33. The Bertz CT molecular complexity index is 1010. The van der Waals surface area contributed by atoms with Crippen molar-refractivity contribution < 1.29 is 24.2 Å². The monoisotopic (exact) mass is 448 g/mol. The predicted octanol–water partition coefficient (Wildman–Crippen LogP) is 4.83. The molecule has 2 amide bonds. The smallest absolute Gasteiger partial charge is 0.335 e. The van der Waals surface area contributed by atoms with Gasteiger partial charge in [0.1, 0.15) is 12.4 Å². The van der Waals surface area contributed by atoms with Gasteiger partial charge in [-0.1, -0.05) is 36.4 Å². The van der Waals surface area contributed by atoms with Gasteiger partial charge in [-0.05, 0) is 61.2 Å². The summed E-state index contributed by atoms with van der Waals surface area (Å²) in [6.45, 7) is 1.77. The van der Waals surface area contributed by atoms with E-state index in [9.17, 15) is 9.59 Å². The maximum atomic E-state index is 12.5. The van der Waals surface area contributed by atoms with Crippen LogP contribution >= 0.6 is 0 Å². The zero-order valence-electron chi connectivity index (χ0n) is 18.4. The van der Waals surface area contributed by atoms with E-state index in [-0.39, 0.29) is 23.8 Å². The van der Waals surface area contributed by atoms with E-state index in [1.807, 2.05) is 42.5 Å². The van der Waals surface area contributed by atoms with Crippen LogP contribution in [0.3, 0.4) is 0 Å². The summed E-state index contributed by atoms with van der Waals surface area (Å²) in [5, 5.41) is 11.8. The first-order valence-electron chi connectivity index (χ1n) is 11.2. The van der Waals surface area contributed by atoms with Crippen LogP contribution in [0.15, 0.2) is 78.6 Å². The summed E-state index contributed by atoms with van der Waals surface area (Å²) in [4.78, 5) is 25.2. The fraction of sp³-hybridized carbons (Fsp3) is 0.308. The molecule has 0 aromatic heterocycles. The highest BCUT2D eigenvalue weighted by Gasteiger charge is 2.25. The maximum Gasteiger partial charge on any atom is 0.335 e. The quantitative estimate of drug-likeness (QED) is 0.634. The second-order valence-electron chi connectivity index (χ2n) is 8.15. The van der Waals surface area contributed by atoms with E-state index >= 15 is 0 Å². The van der Waals surface area contributed by atoms with Gasteiger partial charge in [0.15, 0.2) is 0 Å². The number of carbonyl (C=O) groups excluding carboxylic acids is 1. The van der Waals surface area contributed by atoms with Crippen molar-refractivity contribution in [2.75, 3.05) is 18.4 Å². The average molecular weight is 449 g/mol. The number of hydrogen-bond acceptors (Lipinski definition) is 4. The Hall–Kier alpha value is -3.58. The Balaban J connectivity index is 1.17. The first-order valence-corrected chi connectivity index (χ1v) is 11.2. The predicted molar refractivity (Wildman–Crippen MR) is 125 cm³/mol. The third-order valence-corrected chi connectivity index (χ3v) is 5.75.